The summed E-state index contributed by atoms with van der Waals surface area (Å²) in [6.45, 7) is 2.17. The van der Waals surface area contributed by atoms with Crippen LogP contribution >= 0.6 is 29.4 Å². The third-order valence-electron chi connectivity index (χ3n) is 2.46. The molecule has 0 fully saturated rings. The summed E-state index contributed by atoms with van der Waals surface area (Å²) >= 11 is 0. The topological polar surface area (TPSA) is 65.0 Å². The molecule has 0 aromatic rings. The molecule has 0 aromatic heterocycles. The molecule has 0 bridgehead atoms. The van der Waals surface area contributed by atoms with Crippen LogP contribution in [0.1, 0.15) is 26.7 Å². The number of alkyl halides is 3. The predicted molar refractivity (Wildman–Crippen MR) is 83.0 cm³/mol. The van der Waals surface area contributed by atoms with Gasteiger partial charge in [0.05, 0.1) is 6.61 Å². The second-order valence-corrected chi connectivity index (χ2v) is 8.95. The molecule has 0 aliphatic rings. The Bertz CT molecular complexity index is 355. The fourth-order valence-corrected chi connectivity index (χ4v) is 3.58. The average Bonchev–Trinajstić information content (AvgIpc) is 2.39. The minimum Gasteiger partial charge on any atom is -0.366 e. The Morgan fingerprint density at radius 2 is 1.59 bits per heavy atom. The first-order valence-corrected chi connectivity index (χ1v) is 10.5. The molecule has 5 nitrogen and oxygen atoms in total. The van der Waals surface area contributed by atoms with Crippen LogP contribution in [0.25, 0.3) is 0 Å². The van der Waals surface area contributed by atoms with E-state index in [1.807, 2.05) is 0 Å². The largest absolute Gasteiger partial charge is 0.471 e. The van der Waals surface area contributed by atoms with Crippen molar-refractivity contribution in [3.63, 3.8) is 0 Å². The molecular formula is C11H22F3O5PS2. The quantitative estimate of drug-likeness (QED) is 0.305. The van der Waals surface area contributed by atoms with E-state index in [1.165, 1.54) is 21.6 Å². The molecule has 0 spiro atoms. The van der Waals surface area contributed by atoms with Gasteiger partial charge in [-0.25, -0.2) is 4.57 Å². The normalized spacial score (nSPS) is 15.8. The van der Waals surface area contributed by atoms with Crippen molar-refractivity contribution >= 4 is 29.4 Å². The molecular weight excluding hydrogens is 364 g/mol. The van der Waals surface area contributed by atoms with Crippen molar-refractivity contribution in [3.8, 4) is 0 Å². The lowest BCUT2D eigenvalue weighted by molar-refractivity contribution is -0.263. The third kappa shape index (κ3) is 10.4. The Kier molecular flexibility index (Phi) is 10.7. The molecule has 22 heavy (non-hydrogen) atoms. The van der Waals surface area contributed by atoms with E-state index >= 15 is 0 Å². The van der Waals surface area contributed by atoms with Gasteiger partial charge in [0.2, 0.25) is 0 Å². The van der Waals surface area contributed by atoms with Crippen molar-refractivity contribution in [1.82, 2.24) is 0 Å². The molecule has 0 heterocycles. The van der Waals surface area contributed by atoms with E-state index in [2.05, 4.69) is 9.05 Å². The molecule has 1 atom stereocenters. The SMILES string of the molecule is COP(=O)(O)OCCCSSCCCOC(C)(C)C(F)(F)F. The maximum Gasteiger partial charge on any atom is 0.471 e. The van der Waals surface area contributed by atoms with Gasteiger partial charge >= 0.3 is 14.0 Å². The highest BCUT2D eigenvalue weighted by Crippen LogP contribution is 2.42. The number of hydrogen-bond acceptors (Lipinski definition) is 6. The molecule has 0 amide bonds. The molecule has 0 radical (unpaired) electrons. The van der Waals surface area contributed by atoms with Crippen LogP contribution in [0, 0.1) is 0 Å². The summed E-state index contributed by atoms with van der Waals surface area (Å²) in [5.74, 6) is 1.36. The minimum absolute atomic E-state index is 0.0463. The molecule has 0 aromatic carbocycles. The second-order valence-electron chi connectivity index (χ2n) is 4.69. The predicted octanol–water partition coefficient (Wildman–Crippen LogP) is 4.27. The lowest BCUT2D eigenvalue weighted by Crippen LogP contribution is -2.42. The lowest BCUT2D eigenvalue weighted by Gasteiger charge is -2.27. The molecule has 0 aliphatic carbocycles. The minimum atomic E-state index is -4.37. The zero-order valence-corrected chi connectivity index (χ0v) is 15.2. The molecule has 0 saturated heterocycles. The van der Waals surface area contributed by atoms with Gasteiger partial charge in [0.15, 0.2) is 5.60 Å². The van der Waals surface area contributed by atoms with Gasteiger partial charge in [-0.15, -0.1) is 0 Å². The van der Waals surface area contributed by atoms with Crippen LogP contribution in [0.3, 0.4) is 0 Å². The van der Waals surface area contributed by atoms with Crippen LogP contribution in [0.15, 0.2) is 0 Å². The first kappa shape index (κ1) is 22.6. The van der Waals surface area contributed by atoms with E-state index in [9.17, 15) is 17.7 Å². The van der Waals surface area contributed by atoms with E-state index in [-0.39, 0.29) is 13.2 Å². The van der Waals surface area contributed by atoms with E-state index in [1.54, 1.807) is 0 Å². The summed E-state index contributed by atoms with van der Waals surface area (Å²) < 4.78 is 62.2. The first-order chi connectivity index (χ1) is 10.0. The van der Waals surface area contributed by atoms with E-state index in [4.69, 9.17) is 9.63 Å². The summed E-state index contributed by atoms with van der Waals surface area (Å²) in [6.07, 6.45) is -3.28. The maximum atomic E-state index is 12.5. The van der Waals surface area contributed by atoms with Crippen LogP contribution in [0.2, 0.25) is 0 Å². The highest BCUT2D eigenvalue weighted by molar-refractivity contribution is 8.76. The molecule has 0 rings (SSSR count). The van der Waals surface area contributed by atoms with Gasteiger partial charge in [-0.2, -0.15) is 13.2 Å². The number of rotatable bonds is 12. The van der Waals surface area contributed by atoms with Gasteiger partial charge in [0.1, 0.15) is 0 Å². The number of hydrogen-bond donors (Lipinski definition) is 1. The second kappa shape index (κ2) is 10.4. The average molecular weight is 386 g/mol. The van der Waals surface area contributed by atoms with Gasteiger partial charge in [0.25, 0.3) is 0 Å². The number of halogens is 3. The third-order valence-corrected chi connectivity index (χ3v) is 6.01. The Balaban J connectivity index is 3.47. The summed E-state index contributed by atoms with van der Waals surface area (Å²) in [7, 11) is 0.226. The molecule has 1 unspecified atom stereocenters. The Hall–Kier alpha value is 0.560. The van der Waals surface area contributed by atoms with Crippen LogP contribution in [0.5, 0.6) is 0 Å². The number of phosphoric ester groups is 1. The van der Waals surface area contributed by atoms with Crippen molar-refractivity contribution in [1.29, 1.82) is 0 Å². The number of phosphoric acid groups is 1. The van der Waals surface area contributed by atoms with Gasteiger partial charge in [-0.3, -0.25) is 9.05 Å². The van der Waals surface area contributed by atoms with Crippen LogP contribution in [0.4, 0.5) is 13.2 Å². The van der Waals surface area contributed by atoms with Crippen molar-refractivity contribution in [2.75, 3.05) is 31.8 Å². The Labute approximate surface area is 136 Å². The van der Waals surface area contributed by atoms with E-state index < -0.39 is 19.6 Å². The van der Waals surface area contributed by atoms with Gasteiger partial charge < -0.3 is 9.63 Å². The highest BCUT2D eigenvalue weighted by Gasteiger charge is 2.48. The zero-order chi connectivity index (χ0) is 17.3. The fraction of sp³-hybridized carbons (Fsp3) is 1.00. The van der Waals surface area contributed by atoms with Gasteiger partial charge in [-0.1, -0.05) is 21.6 Å². The summed E-state index contributed by atoms with van der Waals surface area (Å²) in [4.78, 5) is 8.95. The summed E-state index contributed by atoms with van der Waals surface area (Å²) in [5.41, 5.74) is -2.12. The smallest absolute Gasteiger partial charge is 0.366 e. The zero-order valence-electron chi connectivity index (χ0n) is 12.7. The Morgan fingerprint density at radius 1 is 1.09 bits per heavy atom. The molecule has 1 N–H and O–H groups in total. The highest BCUT2D eigenvalue weighted by atomic mass is 33.1. The van der Waals surface area contributed by atoms with Crippen LogP contribution in [-0.2, 0) is 18.3 Å². The van der Waals surface area contributed by atoms with Crippen molar-refractivity contribution < 1.29 is 36.4 Å². The van der Waals surface area contributed by atoms with Crippen LogP contribution < -0.4 is 0 Å². The van der Waals surface area contributed by atoms with Gasteiger partial charge in [0, 0.05) is 25.2 Å². The maximum absolute atomic E-state index is 12.5. The molecule has 134 valence electrons. The molecule has 11 heteroatoms. The van der Waals surface area contributed by atoms with Crippen LogP contribution in [-0.4, -0.2) is 48.5 Å². The van der Waals surface area contributed by atoms with Gasteiger partial charge in [-0.05, 0) is 26.7 Å². The fourth-order valence-electron chi connectivity index (χ4n) is 0.995. The standard InChI is InChI=1S/C11H22F3O5PS2/c1-10(2,11(12,13)14)18-6-4-8-21-22-9-5-7-19-20(15,16)17-3/h4-9H2,1-3H3,(H,15,16). The van der Waals surface area contributed by atoms with E-state index in [0.717, 1.165) is 21.0 Å². The monoisotopic (exact) mass is 386 g/mol. The molecule has 0 aliphatic heterocycles. The van der Waals surface area contributed by atoms with Crippen molar-refractivity contribution in [3.05, 3.63) is 0 Å². The summed E-state index contributed by atoms with van der Waals surface area (Å²) in [5, 5.41) is 0. The summed E-state index contributed by atoms with van der Waals surface area (Å²) in [6, 6.07) is 0. The first-order valence-electron chi connectivity index (χ1n) is 6.50. The van der Waals surface area contributed by atoms with Crippen molar-refractivity contribution in [2.45, 2.75) is 38.5 Å². The Morgan fingerprint density at radius 3 is 2.05 bits per heavy atom. The number of ether oxygens (including phenoxy) is 1. The molecule has 0 saturated carbocycles. The van der Waals surface area contributed by atoms with Crippen molar-refractivity contribution in [2.24, 2.45) is 0 Å². The lowest BCUT2D eigenvalue weighted by atomic mass is 10.1. The van der Waals surface area contributed by atoms with E-state index in [0.29, 0.717) is 24.3 Å².